The normalized spacial score (nSPS) is 19.5. The highest BCUT2D eigenvalue weighted by molar-refractivity contribution is 7.17. The second-order valence-corrected chi connectivity index (χ2v) is 11.1. The van der Waals surface area contributed by atoms with Gasteiger partial charge in [0, 0.05) is 62.2 Å². The predicted octanol–water partition coefficient (Wildman–Crippen LogP) is 6.00. The third-order valence-electron chi connectivity index (χ3n) is 7.08. The lowest BCUT2D eigenvalue weighted by Crippen LogP contribution is -2.36. The molecule has 0 N–H and O–H groups in total. The van der Waals surface area contributed by atoms with Crippen LogP contribution in [0.3, 0.4) is 0 Å². The maximum Gasteiger partial charge on any atom is 0.246 e. The van der Waals surface area contributed by atoms with E-state index < -0.39 is 0 Å². The number of amides is 1. The zero-order chi connectivity index (χ0) is 27.9. The zero-order valence-corrected chi connectivity index (χ0v) is 23.9. The van der Waals surface area contributed by atoms with Crippen LogP contribution in [0.25, 0.3) is 21.4 Å². The molecule has 1 fully saturated rings. The van der Waals surface area contributed by atoms with Crippen LogP contribution in [0.4, 0.5) is 5.88 Å². The van der Waals surface area contributed by atoms with Crippen molar-refractivity contribution in [2.24, 2.45) is 4.99 Å². The van der Waals surface area contributed by atoms with Crippen molar-refractivity contribution in [1.82, 2.24) is 4.90 Å². The summed E-state index contributed by atoms with van der Waals surface area (Å²) in [6.07, 6.45) is 14.3. The number of aryl methyl sites for hydroxylation is 1. The summed E-state index contributed by atoms with van der Waals surface area (Å²) in [5.41, 5.74) is 5.98. The second kappa shape index (κ2) is 13.1. The Kier molecular flexibility index (Phi) is 9.08. The average molecular weight is 558 g/mol. The van der Waals surface area contributed by atoms with E-state index in [0.29, 0.717) is 29.4 Å². The number of carbonyl (C=O) groups excluding carboxylic acids is 1. The third kappa shape index (κ3) is 6.87. The molecule has 2 aromatic heterocycles. The van der Waals surface area contributed by atoms with Crippen LogP contribution in [0.15, 0.2) is 85.5 Å². The number of anilines is 1. The number of allylic oxidation sites excluding steroid dienone is 5. The first-order chi connectivity index (χ1) is 19.5. The number of ether oxygens (including phenoxy) is 1. The Hall–Kier alpha value is -3.75. The van der Waals surface area contributed by atoms with Gasteiger partial charge >= 0.3 is 0 Å². The minimum absolute atomic E-state index is 0.00229. The number of carbonyl (C=O) groups is 1. The molecule has 1 aromatic carbocycles. The van der Waals surface area contributed by atoms with Gasteiger partial charge in [-0.1, -0.05) is 36.4 Å². The van der Waals surface area contributed by atoms with Crippen LogP contribution < -0.4 is 10.3 Å². The molecule has 0 aliphatic carbocycles. The summed E-state index contributed by atoms with van der Waals surface area (Å²) in [5, 5.41) is 2.01. The summed E-state index contributed by atoms with van der Waals surface area (Å²) in [7, 11) is 3.49. The molecule has 0 bridgehead atoms. The Balaban J connectivity index is 1.21. The lowest BCUT2D eigenvalue weighted by molar-refractivity contribution is -0.123. The highest BCUT2D eigenvalue weighted by Crippen LogP contribution is 2.35. The number of hydrogen-bond donors (Lipinski definition) is 0. The lowest BCUT2D eigenvalue weighted by Gasteiger charge is -2.27. The molecule has 8 heteroatoms. The van der Waals surface area contributed by atoms with Gasteiger partial charge in [0.1, 0.15) is 4.70 Å². The third-order valence-corrected chi connectivity index (χ3v) is 8.06. The molecule has 5 rings (SSSR count). The van der Waals surface area contributed by atoms with Crippen molar-refractivity contribution < 1.29 is 13.9 Å². The number of morpholine rings is 1. The summed E-state index contributed by atoms with van der Waals surface area (Å²) in [6, 6.07) is 10.2. The van der Waals surface area contributed by atoms with E-state index in [2.05, 4.69) is 46.3 Å². The fraction of sp³-hybridized carbons (Fsp3) is 0.344. The van der Waals surface area contributed by atoms with Gasteiger partial charge in [-0.25, -0.2) is 0 Å². The van der Waals surface area contributed by atoms with Gasteiger partial charge in [-0.3, -0.25) is 14.6 Å². The smallest absolute Gasteiger partial charge is 0.246 e. The van der Waals surface area contributed by atoms with Crippen molar-refractivity contribution in [2.45, 2.75) is 32.1 Å². The fourth-order valence-electron chi connectivity index (χ4n) is 4.75. The largest absolute Gasteiger partial charge is 0.439 e. The van der Waals surface area contributed by atoms with Crippen LogP contribution >= 0.6 is 11.3 Å². The number of benzene rings is 1. The Labute approximate surface area is 238 Å². The standard InChI is InChI=1S/C32H35N3O4S/c1-34(2)29(37)15-12-24-6-3-4-8-26(33-21-24)9-5-7-23-10-13-25(14-11-23)27-22-40-32-28(36)20-30(39-31(27)32)35-16-18-38-19-17-35/h6,8,10-15,20-22H,3-5,7,9,16-19H2,1-2H3/b15-12+,24-6-,26-8+,33-21-. The number of nitrogens with zero attached hydrogens (tertiary/aromatic N) is 3. The first kappa shape index (κ1) is 27.8. The van der Waals surface area contributed by atoms with E-state index in [9.17, 15) is 9.59 Å². The molecular weight excluding hydrogens is 522 g/mol. The molecule has 0 saturated carbocycles. The first-order valence-corrected chi connectivity index (χ1v) is 14.7. The van der Waals surface area contributed by atoms with Crippen molar-refractivity contribution >= 4 is 39.6 Å². The predicted molar refractivity (Wildman–Crippen MR) is 163 cm³/mol. The minimum atomic E-state index is -0.0346. The molecule has 0 atom stereocenters. The summed E-state index contributed by atoms with van der Waals surface area (Å²) in [6.45, 7) is 2.71. The van der Waals surface area contributed by atoms with E-state index in [-0.39, 0.29) is 11.3 Å². The Morgan fingerprint density at radius 2 is 1.88 bits per heavy atom. The van der Waals surface area contributed by atoms with Crippen LogP contribution in [-0.2, 0) is 16.0 Å². The molecule has 208 valence electrons. The van der Waals surface area contributed by atoms with E-state index >= 15 is 0 Å². The molecule has 4 heterocycles. The van der Waals surface area contributed by atoms with Gasteiger partial charge in [0.15, 0.2) is 11.5 Å². The molecule has 2 aliphatic rings. The van der Waals surface area contributed by atoms with E-state index in [0.717, 1.165) is 67.6 Å². The molecule has 0 radical (unpaired) electrons. The Morgan fingerprint density at radius 1 is 1.10 bits per heavy atom. The number of aliphatic imine (C=N–C) groups is 1. The van der Waals surface area contributed by atoms with E-state index in [1.165, 1.54) is 16.9 Å². The number of rotatable bonds is 8. The zero-order valence-electron chi connectivity index (χ0n) is 23.1. The van der Waals surface area contributed by atoms with Crippen molar-refractivity contribution in [3.8, 4) is 11.1 Å². The SMILES string of the molecule is CN(C)C(=O)/C=C/C1=C/CC/C=C(CCCc2ccc(-c3csc4c(=O)cc(N5CCOCC5)oc34)cc2)/N=C\1. The number of hydrogen-bond acceptors (Lipinski definition) is 7. The van der Waals surface area contributed by atoms with Crippen LogP contribution in [0, 0.1) is 0 Å². The second-order valence-electron chi connectivity index (χ2n) is 10.2. The molecule has 0 spiro atoms. The number of likely N-dealkylation sites (N-methyl/N-ethyl adjacent to an activating group) is 1. The number of thiophene rings is 1. The number of fused-ring (bicyclic) bond motifs is 1. The molecule has 2 aliphatic heterocycles. The maximum atomic E-state index is 12.8. The average Bonchev–Trinajstić information content (AvgIpc) is 3.39. The van der Waals surface area contributed by atoms with Crippen LogP contribution in [0.5, 0.6) is 0 Å². The monoisotopic (exact) mass is 557 g/mol. The summed E-state index contributed by atoms with van der Waals surface area (Å²) < 4.78 is 12.4. The van der Waals surface area contributed by atoms with Gasteiger partial charge in [-0.15, -0.1) is 11.3 Å². The van der Waals surface area contributed by atoms with Gasteiger partial charge < -0.3 is 19.0 Å². The minimum Gasteiger partial charge on any atom is -0.439 e. The van der Waals surface area contributed by atoms with Gasteiger partial charge in [0.2, 0.25) is 11.3 Å². The molecule has 7 nitrogen and oxygen atoms in total. The van der Waals surface area contributed by atoms with Crippen molar-refractivity contribution in [2.75, 3.05) is 45.3 Å². The van der Waals surface area contributed by atoms with E-state index in [1.54, 1.807) is 31.1 Å². The molecule has 40 heavy (non-hydrogen) atoms. The summed E-state index contributed by atoms with van der Waals surface area (Å²) in [4.78, 5) is 33.0. The van der Waals surface area contributed by atoms with E-state index in [1.807, 2.05) is 17.7 Å². The topological polar surface area (TPSA) is 75.4 Å². The summed E-state index contributed by atoms with van der Waals surface area (Å²) in [5.74, 6) is 0.580. The summed E-state index contributed by atoms with van der Waals surface area (Å²) >= 11 is 1.44. The van der Waals surface area contributed by atoms with Gasteiger partial charge in [0.25, 0.3) is 0 Å². The van der Waals surface area contributed by atoms with Crippen molar-refractivity contribution in [1.29, 1.82) is 0 Å². The van der Waals surface area contributed by atoms with Crippen molar-refractivity contribution in [3.63, 3.8) is 0 Å². The van der Waals surface area contributed by atoms with Crippen molar-refractivity contribution in [3.05, 3.63) is 87.1 Å². The van der Waals surface area contributed by atoms with Gasteiger partial charge in [-0.05, 0) is 54.9 Å². The van der Waals surface area contributed by atoms with Crippen LogP contribution in [0.1, 0.15) is 31.2 Å². The highest BCUT2D eigenvalue weighted by atomic mass is 32.1. The quantitative estimate of drug-likeness (QED) is 0.318. The molecule has 1 saturated heterocycles. The van der Waals surface area contributed by atoms with Gasteiger partial charge in [-0.2, -0.15) is 0 Å². The van der Waals surface area contributed by atoms with Crippen LogP contribution in [0.2, 0.25) is 0 Å². The van der Waals surface area contributed by atoms with Crippen LogP contribution in [-0.4, -0.2) is 57.4 Å². The molecule has 1 amide bonds. The first-order valence-electron chi connectivity index (χ1n) is 13.8. The molecular formula is C32H35N3O4S. The Morgan fingerprint density at radius 3 is 2.65 bits per heavy atom. The van der Waals surface area contributed by atoms with Gasteiger partial charge in [0.05, 0.1) is 13.2 Å². The molecule has 0 unspecified atom stereocenters. The molecule has 3 aromatic rings. The maximum absolute atomic E-state index is 12.8. The lowest BCUT2D eigenvalue weighted by atomic mass is 10.0. The Bertz CT molecular complexity index is 1520. The highest BCUT2D eigenvalue weighted by Gasteiger charge is 2.18. The van der Waals surface area contributed by atoms with E-state index in [4.69, 9.17) is 9.15 Å². The fourth-order valence-corrected chi connectivity index (χ4v) is 5.66.